The molecule has 1 saturated carbocycles. The number of imidazole rings is 1. The first-order valence-electron chi connectivity index (χ1n) is 24.8. The second kappa shape index (κ2) is 20.7. The number of hydrogen-bond donors (Lipinski definition) is 4. The van der Waals surface area contributed by atoms with E-state index in [-0.39, 0.29) is 67.4 Å². The summed E-state index contributed by atoms with van der Waals surface area (Å²) in [6, 6.07) is 21.5. The number of hydrogen-bond acceptors (Lipinski definition) is 11. The van der Waals surface area contributed by atoms with Gasteiger partial charge in [-0.25, -0.2) is 4.98 Å². The largest absolute Gasteiger partial charge is 0.490 e. The number of aromatic nitrogens is 5. The molecule has 6 atom stereocenters. The lowest BCUT2D eigenvalue weighted by Crippen LogP contribution is -2.58. The summed E-state index contributed by atoms with van der Waals surface area (Å²) in [5.74, 6) is 2.33. The average Bonchev–Trinajstić information content (AvgIpc) is 4.10. The molecule has 9 rings (SSSR count). The van der Waals surface area contributed by atoms with Crippen LogP contribution in [0, 0.1) is 26.2 Å². The number of aryl methyl sites for hydroxylation is 3. The van der Waals surface area contributed by atoms with E-state index in [2.05, 4.69) is 76.2 Å². The lowest BCUT2D eigenvalue weighted by molar-refractivity contribution is -0.140. The third kappa shape index (κ3) is 10.8. The minimum absolute atomic E-state index is 0.0200. The molecule has 2 fully saturated rings. The number of β-amino-alcohol motifs (C(OH)–C–C–N with tert-alkyl or cyclic N) is 1. The van der Waals surface area contributed by atoms with Gasteiger partial charge in [-0.3, -0.25) is 23.9 Å². The van der Waals surface area contributed by atoms with Gasteiger partial charge in [0.2, 0.25) is 17.7 Å². The number of ether oxygens (including phenoxy) is 1. The van der Waals surface area contributed by atoms with E-state index in [4.69, 9.17) is 21.3 Å². The summed E-state index contributed by atoms with van der Waals surface area (Å²) in [6.45, 7) is 16.3. The third-order valence-corrected chi connectivity index (χ3v) is 15.8. The molecule has 72 heavy (non-hydrogen) atoms. The van der Waals surface area contributed by atoms with E-state index in [1.165, 1.54) is 4.88 Å². The van der Waals surface area contributed by atoms with Crippen LogP contribution in [0.25, 0.3) is 16.4 Å². The van der Waals surface area contributed by atoms with E-state index in [0.717, 1.165) is 55.7 Å². The zero-order valence-electron chi connectivity index (χ0n) is 42.4. The Morgan fingerprint density at radius 2 is 1.61 bits per heavy atom. The Morgan fingerprint density at radius 1 is 0.917 bits per heavy atom. The highest BCUT2D eigenvalue weighted by molar-refractivity contribution is 7.15. The maximum Gasteiger partial charge on any atom is 0.246 e. The number of carbonyl (C=O) groups excluding carboxylic acids is 3. The number of aliphatic imine (C=N–C) groups is 1. The zero-order valence-corrected chi connectivity index (χ0v) is 44.0. The molecule has 3 amide bonds. The summed E-state index contributed by atoms with van der Waals surface area (Å²) in [5.41, 5.74) is 6.17. The molecule has 3 aromatic carbocycles. The van der Waals surface area contributed by atoms with Crippen molar-refractivity contribution >= 4 is 46.4 Å². The number of aliphatic hydroxyl groups excluding tert-OH is 1. The van der Waals surface area contributed by atoms with E-state index in [0.29, 0.717) is 35.9 Å². The summed E-state index contributed by atoms with van der Waals surface area (Å²) in [6.07, 6.45) is 4.87. The normalized spacial score (nSPS) is 20.8. The first-order chi connectivity index (χ1) is 34.3. The van der Waals surface area contributed by atoms with Crippen LogP contribution >= 0.6 is 22.9 Å². The van der Waals surface area contributed by atoms with Gasteiger partial charge in [-0.2, -0.15) is 0 Å². The van der Waals surface area contributed by atoms with E-state index in [9.17, 15) is 19.5 Å². The van der Waals surface area contributed by atoms with Gasteiger partial charge in [0.25, 0.3) is 0 Å². The first-order valence-corrected chi connectivity index (χ1v) is 26.0. The smallest absolute Gasteiger partial charge is 0.246 e. The van der Waals surface area contributed by atoms with Crippen LogP contribution in [-0.2, 0) is 27.9 Å². The van der Waals surface area contributed by atoms with Crippen molar-refractivity contribution in [1.82, 2.24) is 45.2 Å². The number of aliphatic hydroxyl groups is 1. The average molecular weight is 1010 g/mol. The van der Waals surface area contributed by atoms with Crippen molar-refractivity contribution in [2.45, 2.75) is 136 Å². The number of benzene rings is 3. The maximum atomic E-state index is 14.4. The van der Waals surface area contributed by atoms with Crippen molar-refractivity contribution in [3.63, 3.8) is 0 Å². The Bertz CT molecular complexity index is 2970. The van der Waals surface area contributed by atoms with Crippen LogP contribution in [0.4, 0.5) is 0 Å². The number of amides is 3. The summed E-state index contributed by atoms with van der Waals surface area (Å²) >= 11 is 7.95. The van der Waals surface area contributed by atoms with E-state index in [1.54, 1.807) is 22.4 Å². The Balaban J connectivity index is 0.768. The van der Waals surface area contributed by atoms with Gasteiger partial charge < -0.3 is 35.3 Å². The number of rotatable bonds is 15. The van der Waals surface area contributed by atoms with Gasteiger partial charge in [0.05, 0.1) is 24.7 Å². The fraction of sp³-hybridized carbons (Fsp3) is 0.436. The molecule has 3 aliphatic rings. The number of halogens is 1. The lowest BCUT2D eigenvalue weighted by Gasteiger charge is -2.38. The van der Waals surface area contributed by atoms with Gasteiger partial charge in [-0.05, 0) is 87.4 Å². The van der Waals surface area contributed by atoms with Crippen LogP contribution in [0.2, 0.25) is 5.02 Å². The van der Waals surface area contributed by atoms with Crippen LogP contribution in [0.3, 0.4) is 0 Å². The molecule has 2 aliphatic heterocycles. The molecule has 0 bridgehead atoms. The van der Waals surface area contributed by atoms with Crippen molar-refractivity contribution in [3.8, 4) is 22.1 Å². The molecule has 0 spiro atoms. The number of fused-ring (bicyclic) bond motifs is 3. The monoisotopic (exact) mass is 1010 g/mol. The SMILES string of the molecule is Cc1sc2c(c1C)C(c1ccc(Cl)cc1)=N[C@@H](CC(=O)N[C@H]1C[C@H](Oc3ccc(CC(=O)N[C@H](C(=O)N4C[C@H](O)C[C@H]4C(C)N[C@@H](C)c4ccc(-c5nccn5C)cc4)C(C)(C)C)cc3)C1)c1nnc(C)n1-2. The van der Waals surface area contributed by atoms with Crippen LogP contribution in [0.1, 0.15) is 117 Å². The molecule has 6 aromatic rings. The molecular formula is C55H65ClN10O5S. The van der Waals surface area contributed by atoms with Gasteiger partial charge >= 0.3 is 0 Å². The molecule has 378 valence electrons. The minimum atomic E-state index is -0.810. The van der Waals surface area contributed by atoms with Crippen molar-refractivity contribution in [2.24, 2.45) is 17.5 Å². The second-order valence-electron chi connectivity index (χ2n) is 20.9. The molecule has 3 aromatic heterocycles. The fourth-order valence-corrected chi connectivity index (χ4v) is 11.5. The molecule has 17 heteroatoms. The minimum Gasteiger partial charge on any atom is -0.490 e. The molecule has 5 heterocycles. The highest BCUT2D eigenvalue weighted by atomic mass is 35.5. The third-order valence-electron chi connectivity index (χ3n) is 14.4. The molecule has 4 N–H and O–H groups in total. The number of nitrogens with zero attached hydrogens (tertiary/aromatic N) is 7. The first kappa shape index (κ1) is 50.7. The predicted molar refractivity (Wildman–Crippen MR) is 281 cm³/mol. The van der Waals surface area contributed by atoms with Crippen molar-refractivity contribution in [3.05, 3.63) is 135 Å². The van der Waals surface area contributed by atoms with Gasteiger partial charge in [0.15, 0.2) is 5.82 Å². The van der Waals surface area contributed by atoms with E-state index >= 15 is 0 Å². The summed E-state index contributed by atoms with van der Waals surface area (Å²) in [7, 11) is 1.97. The summed E-state index contributed by atoms with van der Waals surface area (Å²) in [4.78, 5) is 54.4. The fourth-order valence-electron chi connectivity index (χ4n) is 10.2. The van der Waals surface area contributed by atoms with Crippen molar-refractivity contribution in [2.75, 3.05) is 6.54 Å². The second-order valence-corrected chi connectivity index (χ2v) is 22.5. The summed E-state index contributed by atoms with van der Waals surface area (Å²) < 4.78 is 10.3. The Hall–Kier alpha value is -6.20. The number of nitrogens with one attached hydrogen (secondary N) is 3. The molecule has 1 unspecified atom stereocenters. The van der Waals surface area contributed by atoms with Crippen LogP contribution in [0.15, 0.2) is 90.2 Å². The van der Waals surface area contributed by atoms with Crippen LogP contribution < -0.4 is 20.7 Å². The Morgan fingerprint density at radius 3 is 2.28 bits per heavy atom. The quantitative estimate of drug-likeness (QED) is 0.0791. The molecule has 1 aliphatic carbocycles. The molecular weight excluding hydrogens is 948 g/mol. The zero-order chi connectivity index (χ0) is 51.2. The predicted octanol–water partition coefficient (Wildman–Crippen LogP) is 8.09. The van der Waals surface area contributed by atoms with Gasteiger partial charge in [0.1, 0.15) is 40.6 Å². The Kier molecular flexibility index (Phi) is 14.6. The lowest BCUT2D eigenvalue weighted by atomic mass is 9.85. The molecule has 15 nitrogen and oxygen atoms in total. The highest BCUT2D eigenvalue weighted by Crippen LogP contribution is 2.40. The standard InChI is InChI=1S/C55H65ClN10O5S/c1-30-33(4)72-54-48(30)49(37-16-18-39(56)19-17-37)60-44(52-63-62-34(5)66(52)54)28-47(69)59-40-25-43(26-40)71-42-20-10-35(11-21-42)24-46(68)61-50(55(6,7)8)53(70)65-29-41(67)27-45(65)32(3)58-31(2)36-12-14-38(15-13-36)51-57-22-23-64(51)9/h10-23,31-32,40-41,43-45,50,58,67H,24-29H2,1-9H3,(H,59,69)(H,61,68)/t31-,32?,40-,41+,43-,44-,45-,50+/m0/s1. The van der Waals surface area contributed by atoms with E-state index in [1.807, 2.05) is 106 Å². The molecule has 0 radical (unpaired) electrons. The van der Waals surface area contributed by atoms with Gasteiger partial charge in [-0.1, -0.05) is 80.9 Å². The maximum absolute atomic E-state index is 14.4. The van der Waals surface area contributed by atoms with Gasteiger partial charge in [-0.15, -0.1) is 21.5 Å². The van der Waals surface area contributed by atoms with Crippen LogP contribution in [0.5, 0.6) is 5.75 Å². The topological polar surface area (TPSA) is 181 Å². The Labute approximate surface area is 430 Å². The number of thiophene rings is 1. The summed E-state index contributed by atoms with van der Waals surface area (Å²) in [5, 5.41) is 31.4. The van der Waals surface area contributed by atoms with E-state index < -0.39 is 23.6 Å². The highest BCUT2D eigenvalue weighted by Gasteiger charge is 2.44. The van der Waals surface area contributed by atoms with Crippen molar-refractivity contribution < 1.29 is 24.2 Å². The van der Waals surface area contributed by atoms with Gasteiger partial charge in [0, 0.05) is 89.6 Å². The number of carbonyl (C=O) groups is 3. The number of likely N-dealkylation sites (tertiary alicyclic amines) is 1. The molecule has 1 saturated heterocycles. The van der Waals surface area contributed by atoms with Crippen LogP contribution in [-0.4, -0.2) is 101 Å². The van der Waals surface area contributed by atoms with Crippen molar-refractivity contribution in [1.29, 1.82) is 0 Å².